The van der Waals surface area contributed by atoms with E-state index in [9.17, 15) is 19.5 Å². The number of fused-ring (bicyclic) bond motifs is 11. The molecule has 2 heterocycles. The molecule has 130 valence electrons. The molecule has 1 aromatic carbocycles. The van der Waals surface area contributed by atoms with E-state index in [2.05, 4.69) is 5.32 Å². The highest BCUT2D eigenvalue weighted by Gasteiger charge is 2.31. The molecule has 0 saturated heterocycles. The highest BCUT2D eigenvalue weighted by atomic mass is 16.5. The van der Waals surface area contributed by atoms with Crippen LogP contribution in [0, 0.1) is 11.8 Å². The summed E-state index contributed by atoms with van der Waals surface area (Å²) in [7, 11) is 0. The Kier molecular flexibility index (Phi) is 5.95. The predicted molar refractivity (Wildman–Crippen MR) is 87.8 cm³/mol. The van der Waals surface area contributed by atoms with Crippen LogP contribution in [0.15, 0.2) is 24.3 Å². The first-order chi connectivity index (χ1) is 11.4. The fourth-order valence-corrected chi connectivity index (χ4v) is 2.82. The summed E-state index contributed by atoms with van der Waals surface area (Å²) in [5.74, 6) is -2.38. The van der Waals surface area contributed by atoms with Crippen LogP contribution in [0.1, 0.15) is 32.3 Å². The SMILES string of the molecule is CC(=O)[C@@H]1Cc2ccc(cc2)OCCC[C@H](C(=O)O)[C@@H](C)C(=O)N1. The average Bonchev–Trinajstić information content (AvgIpc) is 2.53. The molecule has 3 atom stereocenters. The van der Waals surface area contributed by atoms with Crippen molar-refractivity contribution < 1.29 is 24.2 Å². The quantitative estimate of drug-likeness (QED) is 0.861. The van der Waals surface area contributed by atoms with E-state index in [1.165, 1.54) is 6.92 Å². The number of hydrogen-bond donors (Lipinski definition) is 2. The first-order valence-electron chi connectivity index (χ1n) is 8.14. The minimum Gasteiger partial charge on any atom is -0.494 e. The minimum absolute atomic E-state index is 0.158. The third kappa shape index (κ3) is 4.57. The fraction of sp³-hybridized carbons (Fsp3) is 0.500. The molecule has 6 heteroatoms. The van der Waals surface area contributed by atoms with Gasteiger partial charge in [-0.15, -0.1) is 0 Å². The number of carboxylic acids is 1. The van der Waals surface area contributed by atoms with E-state index in [0.29, 0.717) is 31.6 Å². The van der Waals surface area contributed by atoms with Crippen LogP contribution in [-0.4, -0.2) is 35.4 Å². The smallest absolute Gasteiger partial charge is 0.307 e. The van der Waals surface area contributed by atoms with Crippen LogP contribution in [0.25, 0.3) is 0 Å². The normalized spacial score (nSPS) is 25.2. The molecule has 0 radical (unpaired) electrons. The zero-order valence-electron chi connectivity index (χ0n) is 14.0. The van der Waals surface area contributed by atoms with Crippen LogP contribution in [0.4, 0.5) is 0 Å². The molecule has 0 fully saturated rings. The van der Waals surface area contributed by atoms with E-state index in [1.54, 1.807) is 6.92 Å². The molecular weight excluding hydrogens is 310 g/mol. The molecule has 2 bridgehead atoms. The monoisotopic (exact) mass is 333 g/mol. The van der Waals surface area contributed by atoms with Crippen molar-refractivity contribution in [3.63, 3.8) is 0 Å². The summed E-state index contributed by atoms with van der Waals surface area (Å²) in [6, 6.07) is 6.71. The fourth-order valence-electron chi connectivity index (χ4n) is 2.82. The Bertz CT molecular complexity index is 610. The van der Waals surface area contributed by atoms with E-state index in [0.717, 1.165) is 5.56 Å². The number of aliphatic carboxylic acids is 1. The van der Waals surface area contributed by atoms with Crippen LogP contribution >= 0.6 is 0 Å². The Labute approximate surface area is 141 Å². The minimum atomic E-state index is -1.01. The summed E-state index contributed by atoms with van der Waals surface area (Å²) in [6.07, 6.45) is 1.24. The van der Waals surface area contributed by atoms with Crippen molar-refractivity contribution in [3.8, 4) is 5.75 Å². The Balaban J connectivity index is 2.27. The number of carbonyl (C=O) groups is 3. The van der Waals surface area contributed by atoms with Gasteiger partial charge < -0.3 is 15.2 Å². The summed E-state index contributed by atoms with van der Waals surface area (Å²) in [5.41, 5.74) is 0.905. The lowest BCUT2D eigenvalue weighted by atomic mass is 9.88. The summed E-state index contributed by atoms with van der Waals surface area (Å²) in [6.45, 7) is 3.41. The number of rotatable bonds is 2. The lowest BCUT2D eigenvalue weighted by Gasteiger charge is -2.23. The number of amides is 1. The summed E-state index contributed by atoms with van der Waals surface area (Å²) >= 11 is 0. The van der Waals surface area contributed by atoms with Crippen molar-refractivity contribution >= 4 is 17.7 Å². The number of ketones is 1. The van der Waals surface area contributed by atoms with E-state index < -0.39 is 29.8 Å². The van der Waals surface area contributed by atoms with Crippen LogP contribution in [0.5, 0.6) is 5.75 Å². The van der Waals surface area contributed by atoms with Gasteiger partial charge >= 0.3 is 5.97 Å². The van der Waals surface area contributed by atoms with Gasteiger partial charge in [0.25, 0.3) is 0 Å². The van der Waals surface area contributed by atoms with Crippen molar-refractivity contribution in [2.45, 2.75) is 39.2 Å². The van der Waals surface area contributed by atoms with Crippen molar-refractivity contribution in [1.29, 1.82) is 0 Å². The van der Waals surface area contributed by atoms with Gasteiger partial charge in [0.1, 0.15) is 5.75 Å². The third-order valence-electron chi connectivity index (χ3n) is 4.43. The van der Waals surface area contributed by atoms with Gasteiger partial charge in [0, 0.05) is 5.92 Å². The van der Waals surface area contributed by atoms with Crippen molar-refractivity contribution in [1.82, 2.24) is 5.32 Å². The molecule has 1 aromatic rings. The number of carbonyl (C=O) groups excluding carboxylic acids is 2. The predicted octanol–water partition coefficient (Wildman–Crippen LogP) is 1.81. The van der Waals surface area contributed by atoms with Crippen LogP contribution in [0.3, 0.4) is 0 Å². The molecule has 6 nitrogen and oxygen atoms in total. The lowest BCUT2D eigenvalue weighted by molar-refractivity contribution is -0.147. The third-order valence-corrected chi connectivity index (χ3v) is 4.43. The number of hydrogen-bond acceptors (Lipinski definition) is 4. The number of carboxylic acid groups (broad SMARTS) is 1. The van der Waals surface area contributed by atoms with Gasteiger partial charge in [0.2, 0.25) is 5.91 Å². The first-order valence-corrected chi connectivity index (χ1v) is 8.14. The molecule has 1 amide bonds. The lowest BCUT2D eigenvalue weighted by Crippen LogP contribution is -2.46. The molecule has 2 N–H and O–H groups in total. The second-order valence-electron chi connectivity index (χ2n) is 6.24. The summed E-state index contributed by atoms with van der Waals surface area (Å²) < 4.78 is 5.61. The molecule has 2 aliphatic heterocycles. The van der Waals surface area contributed by atoms with Gasteiger partial charge in [-0.05, 0) is 43.9 Å². The highest BCUT2D eigenvalue weighted by Crippen LogP contribution is 2.21. The standard InChI is InChI=1S/C18H23NO5/c1-11-15(18(22)23)4-3-9-24-14-7-5-13(6-8-14)10-16(12(2)20)19-17(11)21/h5-8,11,15-16H,3-4,9-10H2,1-2H3,(H,19,21)(H,22,23)/t11-,15+,16+/m1/s1. The zero-order chi connectivity index (χ0) is 17.7. The number of nitrogens with one attached hydrogen (secondary N) is 1. The molecule has 0 aromatic heterocycles. The average molecular weight is 333 g/mol. The van der Waals surface area contributed by atoms with Gasteiger partial charge in [-0.1, -0.05) is 19.1 Å². The van der Waals surface area contributed by atoms with Crippen LogP contribution in [-0.2, 0) is 20.8 Å². The highest BCUT2D eigenvalue weighted by molar-refractivity contribution is 5.90. The Morgan fingerprint density at radius 1 is 1.25 bits per heavy atom. The maximum absolute atomic E-state index is 12.4. The maximum atomic E-state index is 12.4. The number of Topliss-reactive ketones (excluding diaryl/α,β-unsaturated/α-hetero) is 1. The summed E-state index contributed by atoms with van der Waals surface area (Å²) in [5, 5.41) is 12.1. The molecule has 24 heavy (non-hydrogen) atoms. The van der Waals surface area contributed by atoms with Gasteiger partial charge in [-0.25, -0.2) is 0 Å². The summed E-state index contributed by atoms with van der Waals surface area (Å²) in [4.78, 5) is 35.7. The molecule has 3 rings (SSSR count). The largest absolute Gasteiger partial charge is 0.494 e. The van der Waals surface area contributed by atoms with Crippen molar-refractivity contribution in [2.75, 3.05) is 6.61 Å². The van der Waals surface area contributed by atoms with Crippen molar-refractivity contribution in [3.05, 3.63) is 29.8 Å². The number of benzene rings is 1. The van der Waals surface area contributed by atoms with Gasteiger partial charge in [0.05, 0.1) is 18.6 Å². The van der Waals surface area contributed by atoms with E-state index in [4.69, 9.17) is 4.74 Å². The molecule has 0 unspecified atom stereocenters. The molecule has 0 spiro atoms. The Morgan fingerprint density at radius 3 is 2.50 bits per heavy atom. The molecular formula is C18H23NO5. The zero-order valence-corrected chi connectivity index (χ0v) is 14.0. The van der Waals surface area contributed by atoms with E-state index in [-0.39, 0.29) is 5.78 Å². The van der Waals surface area contributed by atoms with E-state index >= 15 is 0 Å². The maximum Gasteiger partial charge on any atom is 0.307 e. The first kappa shape index (κ1) is 18.0. The van der Waals surface area contributed by atoms with Crippen LogP contribution in [0.2, 0.25) is 0 Å². The van der Waals surface area contributed by atoms with Gasteiger partial charge in [-0.3, -0.25) is 14.4 Å². The van der Waals surface area contributed by atoms with Crippen LogP contribution < -0.4 is 10.1 Å². The second kappa shape index (κ2) is 7.95. The molecule has 2 aliphatic rings. The van der Waals surface area contributed by atoms with Crippen molar-refractivity contribution in [2.24, 2.45) is 11.8 Å². The molecule has 0 aliphatic carbocycles. The van der Waals surface area contributed by atoms with Gasteiger partial charge in [0.15, 0.2) is 5.78 Å². The molecule has 0 saturated carbocycles. The topological polar surface area (TPSA) is 92.7 Å². The van der Waals surface area contributed by atoms with E-state index in [1.807, 2.05) is 24.3 Å². The Hall–Kier alpha value is -2.37. The number of ether oxygens (including phenoxy) is 1. The Morgan fingerprint density at radius 2 is 1.92 bits per heavy atom. The van der Waals surface area contributed by atoms with Gasteiger partial charge in [-0.2, -0.15) is 0 Å². The second-order valence-corrected chi connectivity index (χ2v) is 6.24.